The van der Waals surface area contributed by atoms with Gasteiger partial charge in [-0.25, -0.2) is 0 Å². The molecule has 1 aromatic carbocycles. The van der Waals surface area contributed by atoms with Crippen molar-refractivity contribution in [3.63, 3.8) is 0 Å². The van der Waals surface area contributed by atoms with Crippen LogP contribution in [-0.2, 0) is 0 Å². The molecule has 1 rings (SSSR count). The third-order valence-electron chi connectivity index (χ3n) is 5.07. The molecule has 0 fully saturated rings. The van der Waals surface area contributed by atoms with E-state index >= 15 is 0 Å². The van der Waals surface area contributed by atoms with E-state index in [-0.39, 0.29) is 0 Å². The third-order valence-corrected chi connectivity index (χ3v) is 5.07. The number of hydrogen-bond acceptors (Lipinski definition) is 2. The molecule has 0 aromatic heterocycles. The van der Waals surface area contributed by atoms with Crippen LogP contribution in [0.1, 0.15) is 79.1 Å². The Labute approximate surface area is 162 Å². The molecule has 148 valence electrons. The molecule has 0 spiro atoms. The van der Waals surface area contributed by atoms with Gasteiger partial charge in [-0.05, 0) is 69.7 Å². The molecule has 1 atom stereocenters. The van der Waals surface area contributed by atoms with E-state index in [9.17, 15) is 0 Å². The zero-order valence-electron chi connectivity index (χ0n) is 17.9. The Balaban J connectivity index is 2.54. The summed E-state index contributed by atoms with van der Waals surface area (Å²) in [5, 5.41) is 0. The van der Waals surface area contributed by atoms with Gasteiger partial charge in [-0.1, -0.05) is 51.2 Å². The van der Waals surface area contributed by atoms with Crippen LogP contribution in [0.2, 0.25) is 0 Å². The highest BCUT2D eigenvalue weighted by atomic mass is 16.5. The first-order valence-corrected chi connectivity index (χ1v) is 10.6. The Bertz CT molecular complexity index is 487. The lowest BCUT2D eigenvalue weighted by atomic mass is 10.0. The highest BCUT2D eigenvalue weighted by Crippen LogP contribution is 2.22. The summed E-state index contributed by atoms with van der Waals surface area (Å²) in [4.78, 5) is 2.57. The first-order valence-electron chi connectivity index (χ1n) is 10.6. The Hall–Kier alpha value is -1.44. The number of benzene rings is 1. The second kappa shape index (κ2) is 13.7. The van der Waals surface area contributed by atoms with Gasteiger partial charge in [-0.2, -0.15) is 0 Å². The molecule has 26 heavy (non-hydrogen) atoms. The highest BCUT2D eigenvalue weighted by molar-refractivity contribution is 5.49. The molecule has 0 bridgehead atoms. The van der Waals surface area contributed by atoms with Crippen molar-refractivity contribution in [1.82, 2.24) is 0 Å². The SMILES string of the molecule is CCCCCCCN(CCC(C)CCC=C(C)C)c1ccc(OC)cc1. The number of ether oxygens (including phenoxy) is 1. The number of unbranched alkanes of at least 4 members (excludes halogenated alkanes) is 4. The number of methoxy groups -OCH3 is 1. The van der Waals surface area contributed by atoms with Gasteiger partial charge < -0.3 is 9.64 Å². The van der Waals surface area contributed by atoms with Crippen LogP contribution >= 0.6 is 0 Å². The van der Waals surface area contributed by atoms with Crippen molar-refractivity contribution in [2.24, 2.45) is 5.92 Å². The third kappa shape index (κ3) is 9.89. The predicted molar refractivity (Wildman–Crippen MR) is 116 cm³/mol. The molecule has 0 amide bonds. The van der Waals surface area contributed by atoms with Crippen LogP contribution < -0.4 is 9.64 Å². The Morgan fingerprint density at radius 2 is 1.69 bits per heavy atom. The van der Waals surface area contributed by atoms with Gasteiger partial charge in [-0.3, -0.25) is 0 Å². The maximum absolute atomic E-state index is 5.31. The van der Waals surface area contributed by atoms with Gasteiger partial charge >= 0.3 is 0 Å². The summed E-state index contributed by atoms with van der Waals surface area (Å²) in [6.07, 6.45) is 12.8. The summed E-state index contributed by atoms with van der Waals surface area (Å²) in [6, 6.07) is 8.58. The van der Waals surface area contributed by atoms with Crippen molar-refractivity contribution in [1.29, 1.82) is 0 Å². The maximum atomic E-state index is 5.31. The summed E-state index contributed by atoms with van der Waals surface area (Å²) in [5.74, 6) is 1.71. The van der Waals surface area contributed by atoms with Crippen molar-refractivity contribution in [3.05, 3.63) is 35.9 Å². The first-order chi connectivity index (χ1) is 12.6. The number of hydrogen-bond donors (Lipinski definition) is 0. The predicted octanol–water partition coefficient (Wildman–Crippen LogP) is 7.24. The molecule has 1 aromatic rings. The van der Waals surface area contributed by atoms with Crippen molar-refractivity contribution in [3.8, 4) is 5.75 Å². The second-order valence-corrected chi connectivity index (χ2v) is 7.85. The average molecular weight is 360 g/mol. The van der Waals surface area contributed by atoms with Crippen LogP contribution in [0.4, 0.5) is 5.69 Å². The van der Waals surface area contributed by atoms with Crippen LogP contribution in [0.3, 0.4) is 0 Å². The van der Waals surface area contributed by atoms with Crippen molar-refractivity contribution in [2.45, 2.75) is 79.1 Å². The summed E-state index contributed by atoms with van der Waals surface area (Å²) >= 11 is 0. The normalized spacial score (nSPS) is 11.9. The molecular weight excluding hydrogens is 318 g/mol. The first kappa shape index (κ1) is 22.6. The zero-order chi connectivity index (χ0) is 19.2. The van der Waals surface area contributed by atoms with Crippen LogP contribution in [0.15, 0.2) is 35.9 Å². The van der Waals surface area contributed by atoms with Crippen molar-refractivity contribution >= 4 is 5.69 Å². The molecule has 0 aliphatic rings. The van der Waals surface area contributed by atoms with Crippen LogP contribution in [0.25, 0.3) is 0 Å². The molecule has 0 saturated heterocycles. The van der Waals surface area contributed by atoms with Gasteiger partial charge in [0.1, 0.15) is 5.75 Å². The molecule has 0 radical (unpaired) electrons. The van der Waals surface area contributed by atoms with E-state index in [0.717, 1.165) is 24.8 Å². The average Bonchev–Trinajstić information content (AvgIpc) is 2.64. The van der Waals surface area contributed by atoms with Crippen LogP contribution in [0.5, 0.6) is 5.75 Å². The molecule has 2 heteroatoms. The lowest BCUT2D eigenvalue weighted by Gasteiger charge is -2.26. The topological polar surface area (TPSA) is 12.5 Å². The van der Waals surface area contributed by atoms with Gasteiger partial charge in [0.05, 0.1) is 7.11 Å². The monoisotopic (exact) mass is 359 g/mol. The fraction of sp³-hybridized carbons (Fsp3) is 0.667. The molecule has 0 heterocycles. The minimum absolute atomic E-state index is 0.770. The number of anilines is 1. The van der Waals surface area contributed by atoms with E-state index in [4.69, 9.17) is 4.74 Å². The maximum Gasteiger partial charge on any atom is 0.119 e. The van der Waals surface area contributed by atoms with Gasteiger partial charge in [0.25, 0.3) is 0 Å². The highest BCUT2D eigenvalue weighted by Gasteiger charge is 2.09. The lowest BCUT2D eigenvalue weighted by molar-refractivity contribution is 0.414. The van der Waals surface area contributed by atoms with Gasteiger partial charge in [0.2, 0.25) is 0 Å². The van der Waals surface area contributed by atoms with Gasteiger partial charge in [0.15, 0.2) is 0 Å². The summed E-state index contributed by atoms with van der Waals surface area (Å²) in [5.41, 5.74) is 2.77. The molecule has 0 aliphatic carbocycles. The molecular formula is C24H41NO. The molecule has 0 saturated carbocycles. The van der Waals surface area contributed by atoms with Crippen molar-refractivity contribution in [2.75, 3.05) is 25.1 Å². The van der Waals surface area contributed by atoms with E-state index in [2.05, 4.69) is 62.9 Å². The summed E-state index contributed by atoms with van der Waals surface area (Å²) in [6.45, 7) is 11.4. The van der Waals surface area contributed by atoms with E-state index in [1.165, 1.54) is 62.6 Å². The summed E-state index contributed by atoms with van der Waals surface area (Å²) < 4.78 is 5.31. The fourth-order valence-electron chi connectivity index (χ4n) is 3.25. The van der Waals surface area contributed by atoms with Crippen LogP contribution in [-0.4, -0.2) is 20.2 Å². The quantitative estimate of drug-likeness (QED) is 0.256. The minimum atomic E-state index is 0.770. The van der Waals surface area contributed by atoms with E-state index in [1.807, 2.05) is 0 Å². The fourth-order valence-corrected chi connectivity index (χ4v) is 3.25. The minimum Gasteiger partial charge on any atom is -0.497 e. The number of nitrogens with zero attached hydrogens (tertiary/aromatic N) is 1. The van der Waals surface area contributed by atoms with E-state index < -0.39 is 0 Å². The molecule has 0 aliphatic heterocycles. The standard InChI is InChI=1S/C24H41NO/c1-6-7-8-9-10-19-25(23-14-16-24(26-5)17-15-23)20-18-22(4)13-11-12-21(2)3/h12,14-17,22H,6-11,13,18-20H2,1-5H3. The molecule has 1 unspecified atom stereocenters. The Morgan fingerprint density at radius 3 is 2.31 bits per heavy atom. The smallest absolute Gasteiger partial charge is 0.119 e. The van der Waals surface area contributed by atoms with E-state index in [0.29, 0.717) is 0 Å². The van der Waals surface area contributed by atoms with Crippen molar-refractivity contribution < 1.29 is 4.74 Å². The second-order valence-electron chi connectivity index (χ2n) is 7.85. The lowest BCUT2D eigenvalue weighted by Crippen LogP contribution is -2.27. The Kier molecular flexibility index (Phi) is 11.9. The number of allylic oxidation sites excluding steroid dienone is 2. The number of rotatable bonds is 14. The van der Waals surface area contributed by atoms with E-state index in [1.54, 1.807) is 7.11 Å². The van der Waals surface area contributed by atoms with Crippen LogP contribution in [0, 0.1) is 5.92 Å². The Morgan fingerprint density at radius 1 is 1.00 bits per heavy atom. The molecule has 2 nitrogen and oxygen atoms in total. The molecule has 0 N–H and O–H groups in total. The zero-order valence-corrected chi connectivity index (χ0v) is 17.9. The largest absolute Gasteiger partial charge is 0.497 e. The summed E-state index contributed by atoms with van der Waals surface area (Å²) in [7, 11) is 1.73. The van der Waals surface area contributed by atoms with Gasteiger partial charge in [-0.15, -0.1) is 0 Å². The van der Waals surface area contributed by atoms with Gasteiger partial charge in [0, 0.05) is 18.8 Å².